The summed E-state index contributed by atoms with van der Waals surface area (Å²) < 4.78 is 8.60. The summed E-state index contributed by atoms with van der Waals surface area (Å²) in [7, 11) is 0. The van der Waals surface area contributed by atoms with Gasteiger partial charge in [0.25, 0.3) is 0 Å². The summed E-state index contributed by atoms with van der Waals surface area (Å²) in [4.78, 5) is 0. The molecule has 0 bridgehead atoms. The molecule has 17 heavy (non-hydrogen) atoms. The first-order valence-electron chi connectivity index (χ1n) is 5.92. The average molecular weight is 331 g/mol. The van der Waals surface area contributed by atoms with Crippen molar-refractivity contribution in [3.63, 3.8) is 0 Å². The Morgan fingerprint density at radius 3 is 2.18 bits per heavy atom. The van der Waals surface area contributed by atoms with Gasteiger partial charge in [0.05, 0.1) is 0 Å². The first-order valence-corrected chi connectivity index (χ1v) is 9.36. The molecule has 0 saturated carbocycles. The van der Waals surface area contributed by atoms with Gasteiger partial charge < -0.3 is 0 Å². The maximum absolute atomic E-state index is 5.67. The van der Waals surface area contributed by atoms with Crippen LogP contribution in [0.1, 0.15) is 6.42 Å². The Morgan fingerprint density at radius 1 is 0.824 bits per heavy atom. The molecule has 2 aromatic rings. The number of ether oxygens (including phenoxy) is 1. The maximum atomic E-state index is 5.67. The monoisotopic (exact) mass is 332 g/mol. The Morgan fingerprint density at radius 2 is 1.47 bits per heavy atom. The second-order valence-electron chi connectivity index (χ2n) is 3.81. The molecule has 2 heteroatoms. The summed E-state index contributed by atoms with van der Waals surface area (Å²) in [6.45, 7) is 0.845. The van der Waals surface area contributed by atoms with Crippen molar-refractivity contribution >= 4 is 24.7 Å². The first-order chi connectivity index (χ1) is 8.45. The van der Waals surface area contributed by atoms with Crippen molar-refractivity contribution in [1.29, 1.82) is 0 Å². The summed E-state index contributed by atoms with van der Waals surface area (Å²) in [5.41, 5.74) is 0. The number of hydrogen-bond acceptors (Lipinski definition) is 1. The minimum atomic E-state index is -0.367. The van der Waals surface area contributed by atoms with E-state index in [1.165, 1.54) is 10.9 Å². The van der Waals surface area contributed by atoms with Gasteiger partial charge in [0, 0.05) is 0 Å². The summed E-state index contributed by atoms with van der Waals surface area (Å²) in [6.07, 6.45) is 1.18. The van der Waals surface area contributed by atoms with Crippen molar-refractivity contribution in [2.75, 3.05) is 6.61 Å². The van der Waals surface area contributed by atoms with E-state index < -0.39 is 0 Å². The second-order valence-corrected chi connectivity index (χ2v) is 7.89. The van der Waals surface area contributed by atoms with Crippen molar-refractivity contribution in [3.05, 3.63) is 60.7 Å². The number of hydrogen-bond donors (Lipinski definition) is 0. The third-order valence-electron chi connectivity index (χ3n) is 2.44. The van der Waals surface area contributed by atoms with Gasteiger partial charge in [-0.3, -0.25) is 0 Å². The van der Waals surface area contributed by atoms with E-state index in [1.54, 1.807) is 3.58 Å². The molecule has 2 rings (SSSR count). The van der Waals surface area contributed by atoms with E-state index in [2.05, 4.69) is 30.3 Å². The summed E-state index contributed by atoms with van der Waals surface area (Å²) >= 11 is -0.367. The fraction of sp³-hybridized carbons (Fsp3) is 0.200. The van der Waals surface area contributed by atoms with Crippen molar-refractivity contribution in [1.82, 2.24) is 0 Å². The van der Waals surface area contributed by atoms with Crippen LogP contribution in [0.2, 0.25) is 4.44 Å². The zero-order valence-corrected chi connectivity index (χ0v) is 12.7. The number of para-hydroxylation sites is 1. The van der Waals surface area contributed by atoms with Gasteiger partial charge in [0.2, 0.25) is 0 Å². The van der Waals surface area contributed by atoms with Crippen molar-refractivity contribution in [2.45, 2.75) is 10.9 Å². The Kier molecular flexibility index (Phi) is 5.42. The van der Waals surface area contributed by atoms with Crippen LogP contribution in [0, 0.1) is 0 Å². The average Bonchev–Trinajstić information content (AvgIpc) is 2.41. The fourth-order valence-electron chi connectivity index (χ4n) is 1.57. The van der Waals surface area contributed by atoms with Gasteiger partial charge in [-0.05, 0) is 0 Å². The van der Waals surface area contributed by atoms with Crippen molar-refractivity contribution in [2.24, 2.45) is 0 Å². The Hall–Kier alpha value is -0.961. The van der Waals surface area contributed by atoms with E-state index >= 15 is 0 Å². The second kappa shape index (κ2) is 7.38. The van der Waals surface area contributed by atoms with Crippen LogP contribution in [0.3, 0.4) is 0 Å². The number of benzene rings is 2. The fourth-order valence-corrected chi connectivity index (χ4v) is 4.53. The molecule has 0 atom stereocenters. The van der Waals surface area contributed by atoms with Crippen LogP contribution in [0.15, 0.2) is 60.7 Å². The molecule has 2 radical (unpaired) electrons. The molecule has 0 aliphatic rings. The zero-order chi connectivity index (χ0) is 11.8. The Labute approximate surface area is 113 Å². The third-order valence-corrected chi connectivity index (χ3v) is 6.28. The summed E-state index contributed by atoms with van der Waals surface area (Å²) in [5.74, 6) is 0.984. The molecule has 0 amide bonds. The van der Waals surface area contributed by atoms with Crippen LogP contribution in [0.4, 0.5) is 0 Å². The normalized spacial score (nSPS) is 10.1. The topological polar surface area (TPSA) is 9.23 Å². The van der Waals surface area contributed by atoms with Gasteiger partial charge in [-0.1, -0.05) is 0 Å². The standard InChI is InChI=1S/C9H11O.C6H5.Sn/c1-2-8-10-9-6-4-3-5-7-9;1-2-4-6-5-3-1;/h3-7H,1-2,8H2;1-5H;. The van der Waals surface area contributed by atoms with Crippen LogP contribution in [-0.2, 0) is 0 Å². The van der Waals surface area contributed by atoms with E-state index in [0.29, 0.717) is 0 Å². The van der Waals surface area contributed by atoms with Gasteiger partial charge in [-0.25, -0.2) is 0 Å². The van der Waals surface area contributed by atoms with Crippen LogP contribution < -0.4 is 8.32 Å². The van der Waals surface area contributed by atoms with Crippen LogP contribution >= 0.6 is 0 Å². The molecule has 0 aliphatic heterocycles. The van der Waals surface area contributed by atoms with Crippen molar-refractivity contribution in [3.8, 4) is 5.75 Å². The molecule has 86 valence electrons. The molecule has 0 fully saturated rings. The molecule has 0 spiro atoms. The molecule has 0 aliphatic carbocycles. The predicted molar refractivity (Wildman–Crippen MR) is 73.2 cm³/mol. The van der Waals surface area contributed by atoms with E-state index in [1.807, 2.05) is 30.3 Å². The SMILES string of the molecule is c1ccc(OCC[CH2][Sn][c]2ccccc2)cc1. The van der Waals surface area contributed by atoms with Gasteiger partial charge in [-0.15, -0.1) is 0 Å². The molecular formula is C15H16OSn. The van der Waals surface area contributed by atoms with Crippen LogP contribution in [0.25, 0.3) is 0 Å². The summed E-state index contributed by atoms with van der Waals surface area (Å²) in [6, 6.07) is 20.9. The molecular weight excluding hydrogens is 315 g/mol. The quantitative estimate of drug-likeness (QED) is 0.584. The van der Waals surface area contributed by atoms with Crippen molar-refractivity contribution < 1.29 is 4.74 Å². The van der Waals surface area contributed by atoms with Gasteiger partial charge in [-0.2, -0.15) is 0 Å². The van der Waals surface area contributed by atoms with E-state index in [4.69, 9.17) is 4.74 Å². The molecule has 0 unspecified atom stereocenters. The number of rotatable bonds is 6. The van der Waals surface area contributed by atoms with Gasteiger partial charge in [0.1, 0.15) is 0 Å². The molecule has 0 saturated heterocycles. The zero-order valence-electron chi connectivity index (χ0n) is 9.80. The molecule has 1 nitrogen and oxygen atoms in total. The van der Waals surface area contributed by atoms with E-state index in [-0.39, 0.29) is 21.1 Å². The predicted octanol–water partition coefficient (Wildman–Crippen LogP) is 2.90. The Balaban J connectivity index is 1.61. The van der Waals surface area contributed by atoms with Crippen LogP contribution in [0.5, 0.6) is 5.75 Å². The molecule has 0 aromatic heterocycles. The van der Waals surface area contributed by atoms with Gasteiger partial charge >= 0.3 is 113 Å². The van der Waals surface area contributed by atoms with E-state index in [0.717, 1.165) is 12.4 Å². The molecule has 0 N–H and O–H groups in total. The molecule has 0 heterocycles. The third kappa shape index (κ3) is 4.82. The van der Waals surface area contributed by atoms with Crippen LogP contribution in [-0.4, -0.2) is 27.7 Å². The molecule has 2 aromatic carbocycles. The first kappa shape index (κ1) is 12.5. The van der Waals surface area contributed by atoms with Gasteiger partial charge in [0.15, 0.2) is 0 Å². The Bertz CT molecular complexity index is 372. The minimum absolute atomic E-state index is 0.367. The van der Waals surface area contributed by atoms with E-state index in [9.17, 15) is 0 Å². The summed E-state index contributed by atoms with van der Waals surface area (Å²) in [5, 5.41) is 0.